The number of carbonyl (C=O) groups excluding carboxylic acids is 1. The van der Waals surface area contributed by atoms with E-state index < -0.39 is 0 Å². The van der Waals surface area contributed by atoms with E-state index in [4.69, 9.17) is 16.7 Å². The van der Waals surface area contributed by atoms with Gasteiger partial charge in [-0.1, -0.05) is 11.6 Å². The van der Waals surface area contributed by atoms with Gasteiger partial charge in [-0.2, -0.15) is 5.10 Å². The van der Waals surface area contributed by atoms with Gasteiger partial charge in [-0.3, -0.25) is 4.79 Å². The number of benzene rings is 1. The van der Waals surface area contributed by atoms with Crippen molar-refractivity contribution in [1.29, 1.82) is 0 Å². The summed E-state index contributed by atoms with van der Waals surface area (Å²) in [6, 6.07) is 9.57. The van der Waals surface area contributed by atoms with E-state index in [9.17, 15) is 4.79 Å². The Balaban J connectivity index is 2.05. The van der Waals surface area contributed by atoms with Crippen molar-refractivity contribution >= 4 is 34.6 Å². The number of hydrogen-bond donors (Lipinski definition) is 2. The highest BCUT2D eigenvalue weighted by Crippen LogP contribution is 2.21. The predicted octanol–water partition coefficient (Wildman–Crippen LogP) is 3.26. The van der Waals surface area contributed by atoms with Crippen molar-refractivity contribution < 1.29 is 9.90 Å². The summed E-state index contributed by atoms with van der Waals surface area (Å²) in [7, 11) is 0. The van der Waals surface area contributed by atoms with E-state index in [0.29, 0.717) is 15.6 Å². The first-order valence-electron chi connectivity index (χ1n) is 5.45. The summed E-state index contributed by atoms with van der Waals surface area (Å²) in [4.78, 5) is 12.7. The molecule has 2 N–H and O–H groups in total. The summed E-state index contributed by atoms with van der Waals surface area (Å²) in [6.07, 6.45) is 0. The largest absolute Gasteiger partial charge is 0.508 e. The molecule has 0 radical (unpaired) electrons. The average molecular weight is 295 g/mol. The van der Waals surface area contributed by atoms with Crippen LogP contribution in [0.2, 0.25) is 4.34 Å². The molecular formula is C13H11ClN2O2S. The van der Waals surface area contributed by atoms with Crippen LogP contribution < -0.4 is 5.43 Å². The zero-order valence-corrected chi connectivity index (χ0v) is 11.6. The first-order chi connectivity index (χ1) is 9.06. The second kappa shape index (κ2) is 5.86. The molecule has 19 heavy (non-hydrogen) atoms. The van der Waals surface area contributed by atoms with Crippen LogP contribution in [0.5, 0.6) is 5.75 Å². The molecule has 0 fully saturated rings. The molecule has 2 aromatic rings. The van der Waals surface area contributed by atoms with Crippen molar-refractivity contribution in [3.8, 4) is 5.75 Å². The number of amides is 1. The second-order valence-corrected chi connectivity index (χ2v) is 5.50. The zero-order chi connectivity index (χ0) is 13.8. The molecular weight excluding hydrogens is 284 g/mol. The lowest BCUT2D eigenvalue weighted by Gasteiger charge is -2.01. The predicted molar refractivity (Wildman–Crippen MR) is 77.1 cm³/mol. The van der Waals surface area contributed by atoms with Crippen LogP contribution >= 0.6 is 22.9 Å². The second-order valence-electron chi connectivity index (χ2n) is 3.79. The highest BCUT2D eigenvalue weighted by molar-refractivity contribution is 7.18. The van der Waals surface area contributed by atoms with Gasteiger partial charge in [-0.15, -0.1) is 11.3 Å². The molecule has 2 rings (SSSR count). The van der Waals surface area contributed by atoms with E-state index >= 15 is 0 Å². The van der Waals surface area contributed by atoms with Crippen LogP contribution in [0.4, 0.5) is 0 Å². The lowest BCUT2D eigenvalue weighted by molar-refractivity contribution is 0.0955. The normalized spacial score (nSPS) is 11.4. The molecule has 0 aliphatic rings. The number of halogens is 1. The molecule has 0 bridgehead atoms. The van der Waals surface area contributed by atoms with Gasteiger partial charge < -0.3 is 5.11 Å². The Labute approximate surface area is 119 Å². The topological polar surface area (TPSA) is 61.7 Å². The third-order valence-electron chi connectivity index (χ3n) is 2.38. The molecule has 0 saturated carbocycles. The number of hydrazone groups is 1. The van der Waals surface area contributed by atoms with Crippen LogP contribution in [-0.2, 0) is 0 Å². The highest BCUT2D eigenvalue weighted by Gasteiger charge is 2.06. The van der Waals surface area contributed by atoms with E-state index in [0.717, 1.165) is 4.88 Å². The van der Waals surface area contributed by atoms with Crippen molar-refractivity contribution in [2.75, 3.05) is 0 Å². The first kappa shape index (κ1) is 13.6. The van der Waals surface area contributed by atoms with Crippen LogP contribution in [0.3, 0.4) is 0 Å². The van der Waals surface area contributed by atoms with E-state index in [1.807, 2.05) is 6.07 Å². The third-order valence-corrected chi connectivity index (χ3v) is 3.72. The van der Waals surface area contributed by atoms with Gasteiger partial charge in [-0.05, 0) is 43.3 Å². The third kappa shape index (κ3) is 3.56. The Morgan fingerprint density at radius 2 is 1.95 bits per heavy atom. The number of nitrogens with one attached hydrogen (secondary N) is 1. The van der Waals surface area contributed by atoms with Crippen molar-refractivity contribution in [3.63, 3.8) is 0 Å². The number of rotatable bonds is 3. The Bertz CT molecular complexity index is 620. The Morgan fingerprint density at radius 1 is 1.26 bits per heavy atom. The van der Waals surface area contributed by atoms with Crippen LogP contribution in [0.25, 0.3) is 0 Å². The summed E-state index contributed by atoms with van der Waals surface area (Å²) >= 11 is 7.23. The molecule has 6 heteroatoms. The number of thiophene rings is 1. The van der Waals surface area contributed by atoms with Gasteiger partial charge in [0, 0.05) is 5.56 Å². The van der Waals surface area contributed by atoms with E-state index in [1.54, 1.807) is 13.0 Å². The number of phenolic OH excluding ortho intramolecular Hbond substituents is 1. The number of carbonyl (C=O) groups is 1. The molecule has 0 saturated heterocycles. The molecule has 1 amide bonds. The van der Waals surface area contributed by atoms with E-state index in [2.05, 4.69) is 10.5 Å². The SMILES string of the molecule is C/C(=N\NC(=O)c1ccc(O)cc1)c1ccc(Cl)s1. The number of nitrogens with zero attached hydrogens (tertiary/aromatic N) is 1. The molecule has 0 unspecified atom stereocenters. The van der Waals surface area contributed by atoms with Crippen molar-refractivity contribution in [3.05, 3.63) is 51.2 Å². The van der Waals surface area contributed by atoms with Gasteiger partial charge in [0.2, 0.25) is 0 Å². The molecule has 0 atom stereocenters. The lowest BCUT2D eigenvalue weighted by atomic mass is 10.2. The zero-order valence-electron chi connectivity index (χ0n) is 10.1. The highest BCUT2D eigenvalue weighted by atomic mass is 35.5. The van der Waals surface area contributed by atoms with Crippen LogP contribution in [0.1, 0.15) is 22.2 Å². The smallest absolute Gasteiger partial charge is 0.271 e. The molecule has 0 aliphatic heterocycles. The number of phenols is 1. The Morgan fingerprint density at radius 3 is 2.53 bits per heavy atom. The number of aromatic hydroxyl groups is 1. The van der Waals surface area contributed by atoms with Gasteiger partial charge in [0.15, 0.2) is 0 Å². The summed E-state index contributed by atoms with van der Waals surface area (Å²) in [5.41, 5.74) is 3.57. The first-order valence-corrected chi connectivity index (χ1v) is 6.65. The van der Waals surface area contributed by atoms with Gasteiger partial charge in [0.05, 0.1) is 14.9 Å². The minimum absolute atomic E-state index is 0.115. The summed E-state index contributed by atoms with van der Waals surface area (Å²) in [6.45, 7) is 1.79. The fourth-order valence-corrected chi connectivity index (χ4v) is 2.36. The van der Waals surface area contributed by atoms with Crippen LogP contribution in [-0.4, -0.2) is 16.7 Å². The maximum absolute atomic E-state index is 11.8. The van der Waals surface area contributed by atoms with Gasteiger partial charge in [0.1, 0.15) is 5.75 Å². The van der Waals surface area contributed by atoms with Crippen molar-refractivity contribution in [1.82, 2.24) is 5.43 Å². The van der Waals surface area contributed by atoms with E-state index in [-0.39, 0.29) is 11.7 Å². The van der Waals surface area contributed by atoms with Crippen LogP contribution in [0.15, 0.2) is 41.5 Å². The molecule has 98 valence electrons. The lowest BCUT2D eigenvalue weighted by Crippen LogP contribution is -2.18. The Kier molecular flexibility index (Phi) is 4.19. The molecule has 1 heterocycles. The molecule has 4 nitrogen and oxygen atoms in total. The van der Waals surface area contributed by atoms with Gasteiger partial charge >= 0.3 is 0 Å². The maximum Gasteiger partial charge on any atom is 0.271 e. The quantitative estimate of drug-likeness (QED) is 0.674. The monoisotopic (exact) mass is 294 g/mol. The fourth-order valence-electron chi connectivity index (χ4n) is 1.38. The van der Waals surface area contributed by atoms with Crippen molar-refractivity contribution in [2.45, 2.75) is 6.92 Å². The molecule has 0 aliphatic carbocycles. The summed E-state index contributed by atoms with van der Waals surface area (Å²) < 4.78 is 0.675. The minimum Gasteiger partial charge on any atom is -0.508 e. The Hall–Kier alpha value is -1.85. The molecule has 1 aromatic heterocycles. The number of hydrogen-bond acceptors (Lipinski definition) is 4. The summed E-state index contributed by atoms with van der Waals surface area (Å²) in [5, 5.41) is 13.2. The average Bonchev–Trinajstić information content (AvgIpc) is 2.83. The van der Waals surface area contributed by atoms with Crippen molar-refractivity contribution in [2.24, 2.45) is 5.10 Å². The fraction of sp³-hybridized carbons (Fsp3) is 0.0769. The minimum atomic E-state index is -0.331. The summed E-state index contributed by atoms with van der Waals surface area (Å²) in [5.74, 6) is -0.216. The standard InChI is InChI=1S/C13H11ClN2O2S/c1-8(11-6-7-12(14)19-11)15-16-13(18)9-2-4-10(17)5-3-9/h2-7,17H,1H3,(H,16,18)/b15-8+. The van der Waals surface area contributed by atoms with Gasteiger partial charge in [0.25, 0.3) is 5.91 Å². The van der Waals surface area contributed by atoms with Crippen LogP contribution in [0, 0.1) is 0 Å². The van der Waals surface area contributed by atoms with Gasteiger partial charge in [-0.25, -0.2) is 5.43 Å². The maximum atomic E-state index is 11.8. The molecule has 1 aromatic carbocycles. The van der Waals surface area contributed by atoms with E-state index in [1.165, 1.54) is 35.6 Å². The molecule has 0 spiro atoms.